The molecule has 0 bridgehead atoms. The smallest absolute Gasteiger partial charge is 0.0760 e. The molecule has 0 aliphatic heterocycles. The molecule has 72 valence electrons. The SMILES string of the molecule is CCNc1cnc(C(C)C)cc1N. The van der Waals surface area contributed by atoms with E-state index in [0.29, 0.717) is 5.92 Å². The number of hydrogen-bond donors (Lipinski definition) is 2. The molecule has 0 aliphatic rings. The second-order valence-electron chi connectivity index (χ2n) is 3.38. The third-order valence-electron chi connectivity index (χ3n) is 1.92. The van der Waals surface area contributed by atoms with Gasteiger partial charge in [-0.2, -0.15) is 0 Å². The highest BCUT2D eigenvalue weighted by Gasteiger charge is 2.03. The molecule has 0 saturated heterocycles. The van der Waals surface area contributed by atoms with Crippen LogP contribution in [0.5, 0.6) is 0 Å². The van der Waals surface area contributed by atoms with Crippen molar-refractivity contribution in [2.24, 2.45) is 0 Å². The van der Waals surface area contributed by atoms with Crippen LogP contribution in [0.2, 0.25) is 0 Å². The van der Waals surface area contributed by atoms with E-state index in [1.165, 1.54) is 0 Å². The van der Waals surface area contributed by atoms with E-state index in [1.54, 1.807) is 6.20 Å². The van der Waals surface area contributed by atoms with Crippen LogP contribution in [0.25, 0.3) is 0 Å². The minimum absolute atomic E-state index is 0.429. The molecule has 0 aromatic carbocycles. The molecular formula is C10H17N3. The molecule has 0 spiro atoms. The number of nitrogens with two attached hydrogens (primary N) is 1. The van der Waals surface area contributed by atoms with Gasteiger partial charge in [0.15, 0.2) is 0 Å². The molecule has 1 aromatic rings. The zero-order chi connectivity index (χ0) is 9.84. The quantitative estimate of drug-likeness (QED) is 0.748. The second kappa shape index (κ2) is 4.12. The predicted molar refractivity (Wildman–Crippen MR) is 56.9 cm³/mol. The van der Waals surface area contributed by atoms with Gasteiger partial charge < -0.3 is 11.1 Å². The topological polar surface area (TPSA) is 50.9 Å². The molecule has 13 heavy (non-hydrogen) atoms. The maximum Gasteiger partial charge on any atom is 0.0760 e. The lowest BCUT2D eigenvalue weighted by molar-refractivity contribution is 0.824. The van der Waals surface area contributed by atoms with Crippen LogP contribution < -0.4 is 11.1 Å². The van der Waals surface area contributed by atoms with E-state index >= 15 is 0 Å². The van der Waals surface area contributed by atoms with Crippen LogP contribution in [0.3, 0.4) is 0 Å². The summed E-state index contributed by atoms with van der Waals surface area (Å²) in [5.74, 6) is 0.429. The normalized spacial score (nSPS) is 10.5. The van der Waals surface area contributed by atoms with Crippen molar-refractivity contribution in [2.45, 2.75) is 26.7 Å². The van der Waals surface area contributed by atoms with Crippen LogP contribution >= 0.6 is 0 Å². The van der Waals surface area contributed by atoms with Crippen molar-refractivity contribution in [2.75, 3.05) is 17.6 Å². The van der Waals surface area contributed by atoms with Crippen LogP contribution in [0.4, 0.5) is 11.4 Å². The minimum Gasteiger partial charge on any atom is -0.397 e. The highest BCUT2D eigenvalue weighted by Crippen LogP contribution is 2.21. The summed E-state index contributed by atoms with van der Waals surface area (Å²) in [6.45, 7) is 7.12. The molecular weight excluding hydrogens is 162 g/mol. The van der Waals surface area contributed by atoms with E-state index in [2.05, 4.69) is 24.1 Å². The average molecular weight is 179 g/mol. The highest BCUT2D eigenvalue weighted by atomic mass is 14.9. The Morgan fingerprint density at radius 3 is 2.69 bits per heavy atom. The summed E-state index contributed by atoms with van der Waals surface area (Å²) in [4.78, 5) is 4.32. The fourth-order valence-corrected chi connectivity index (χ4v) is 1.14. The van der Waals surface area contributed by atoms with Crippen LogP contribution in [0.15, 0.2) is 12.3 Å². The summed E-state index contributed by atoms with van der Waals surface area (Å²) < 4.78 is 0. The van der Waals surface area contributed by atoms with Gasteiger partial charge in [0.2, 0.25) is 0 Å². The molecule has 1 rings (SSSR count). The predicted octanol–water partition coefficient (Wildman–Crippen LogP) is 2.22. The second-order valence-corrected chi connectivity index (χ2v) is 3.38. The fraction of sp³-hybridized carbons (Fsp3) is 0.500. The van der Waals surface area contributed by atoms with E-state index in [4.69, 9.17) is 5.73 Å². The van der Waals surface area contributed by atoms with Gasteiger partial charge in [-0.25, -0.2) is 0 Å². The standard InChI is InChI=1S/C10H17N3/c1-4-12-10-6-13-9(7(2)3)5-8(10)11/h5-7,12H,4H2,1-3H3,(H2,11,13). The van der Waals surface area contributed by atoms with Gasteiger partial charge in [0.05, 0.1) is 17.6 Å². The van der Waals surface area contributed by atoms with Gasteiger partial charge in [-0.1, -0.05) is 13.8 Å². The summed E-state index contributed by atoms with van der Waals surface area (Å²) in [5.41, 5.74) is 8.58. The monoisotopic (exact) mass is 179 g/mol. The van der Waals surface area contributed by atoms with Gasteiger partial charge in [0.1, 0.15) is 0 Å². The number of pyridine rings is 1. The minimum atomic E-state index is 0.429. The molecule has 0 saturated carbocycles. The van der Waals surface area contributed by atoms with Crippen molar-refractivity contribution >= 4 is 11.4 Å². The van der Waals surface area contributed by atoms with Gasteiger partial charge in [-0.05, 0) is 18.9 Å². The number of anilines is 2. The first-order valence-electron chi connectivity index (χ1n) is 4.64. The maximum absolute atomic E-state index is 5.84. The Kier molecular flexibility index (Phi) is 3.12. The van der Waals surface area contributed by atoms with E-state index in [-0.39, 0.29) is 0 Å². The molecule has 1 heterocycles. The van der Waals surface area contributed by atoms with Gasteiger partial charge in [-0.15, -0.1) is 0 Å². The maximum atomic E-state index is 5.84. The molecule has 3 N–H and O–H groups in total. The number of aromatic nitrogens is 1. The molecule has 3 nitrogen and oxygen atoms in total. The first-order valence-corrected chi connectivity index (χ1v) is 4.64. The Labute approximate surface area is 79.4 Å². The highest BCUT2D eigenvalue weighted by molar-refractivity contribution is 5.65. The van der Waals surface area contributed by atoms with E-state index < -0.39 is 0 Å². The summed E-state index contributed by atoms with van der Waals surface area (Å²) in [6, 6.07) is 1.93. The summed E-state index contributed by atoms with van der Waals surface area (Å²) in [7, 11) is 0. The number of nitrogens with zero attached hydrogens (tertiary/aromatic N) is 1. The lowest BCUT2D eigenvalue weighted by atomic mass is 10.1. The van der Waals surface area contributed by atoms with Crippen molar-refractivity contribution in [3.8, 4) is 0 Å². The zero-order valence-corrected chi connectivity index (χ0v) is 8.46. The fourth-order valence-electron chi connectivity index (χ4n) is 1.14. The van der Waals surface area contributed by atoms with Crippen LogP contribution in [-0.2, 0) is 0 Å². The first-order chi connectivity index (χ1) is 6.15. The Morgan fingerprint density at radius 2 is 2.23 bits per heavy atom. The number of hydrogen-bond acceptors (Lipinski definition) is 3. The van der Waals surface area contributed by atoms with Crippen molar-refractivity contribution in [3.05, 3.63) is 18.0 Å². The summed E-state index contributed by atoms with van der Waals surface area (Å²) >= 11 is 0. The van der Waals surface area contributed by atoms with Crippen LogP contribution in [0.1, 0.15) is 32.4 Å². The third kappa shape index (κ3) is 2.34. The molecule has 0 amide bonds. The first kappa shape index (κ1) is 9.84. The van der Waals surface area contributed by atoms with Crippen molar-refractivity contribution in [3.63, 3.8) is 0 Å². The Bertz CT molecular complexity index is 281. The van der Waals surface area contributed by atoms with E-state index in [1.807, 2.05) is 13.0 Å². The molecule has 3 heteroatoms. The Hall–Kier alpha value is -1.25. The average Bonchev–Trinajstić information content (AvgIpc) is 2.08. The number of rotatable bonds is 3. The van der Waals surface area contributed by atoms with Crippen molar-refractivity contribution in [1.82, 2.24) is 4.98 Å². The van der Waals surface area contributed by atoms with Gasteiger partial charge in [-0.3, -0.25) is 4.98 Å². The van der Waals surface area contributed by atoms with Crippen molar-refractivity contribution < 1.29 is 0 Å². The Morgan fingerprint density at radius 1 is 1.54 bits per heavy atom. The Balaban J connectivity index is 2.92. The molecule has 0 atom stereocenters. The van der Waals surface area contributed by atoms with Gasteiger partial charge in [0, 0.05) is 12.2 Å². The molecule has 0 radical (unpaired) electrons. The van der Waals surface area contributed by atoms with Crippen LogP contribution in [0, 0.1) is 0 Å². The lowest BCUT2D eigenvalue weighted by Crippen LogP contribution is -2.03. The van der Waals surface area contributed by atoms with Crippen molar-refractivity contribution in [1.29, 1.82) is 0 Å². The van der Waals surface area contributed by atoms with E-state index in [9.17, 15) is 0 Å². The summed E-state index contributed by atoms with van der Waals surface area (Å²) in [6.07, 6.45) is 1.80. The number of nitrogen functional groups attached to an aromatic ring is 1. The molecule has 0 fully saturated rings. The largest absolute Gasteiger partial charge is 0.397 e. The molecule has 1 aromatic heterocycles. The molecule has 0 unspecified atom stereocenters. The third-order valence-corrected chi connectivity index (χ3v) is 1.92. The van der Waals surface area contributed by atoms with Gasteiger partial charge in [0.25, 0.3) is 0 Å². The number of nitrogens with one attached hydrogen (secondary N) is 1. The van der Waals surface area contributed by atoms with E-state index in [0.717, 1.165) is 23.6 Å². The molecule has 0 aliphatic carbocycles. The zero-order valence-electron chi connectivity index (χ0n) is 8.46. The van der Waals surface area contributed by atoms with Gasteiger partial charge >= 0.3 is 0 Å². The lowest BCUT2D eigenvalue weighted by Gasteiger charge is -2.09. The van der Waals surface area contributed by atoms with Crippen LogP contribution in [-0.4, -0.2) is 11.5 Å². The summed E-state index contributed by atoms with van der Waals surface area (Å²) in [5, 5.41) is 3.15.